The van der Waals surface area contributed by atoms with Crippen molar-refractivity contribution in [2.24, 2.45) is 0 Å². The minimum atomic E-state index is -0.497. The van der Waals surface area contributed by atoms with Crippen molar-refractivity contribution in [2.75, 3.05) is 17.7 Å². The van der Waals surface area contributed by atoms with Crippen molar-refractivity contribution in [3.05, 3.63) is 96.3 Å². The van der Waals surface area contributed by atoms with Crippen LogP contribution in [0.4, 0.5) is 11.4 Å². The van der Waals surface area contributed by atoms with Crippen molar-refractivity contribution >= 4 is 40.2 Å². The predicted molar refractivity (Wildman–Crippen MR) is 121 cm³/mol. The zero-order valence-electron chi connectivity index (χ0n) is 16.8. The molecule has 0 aliphatic carbocycles. The molecule has 6 nitrogen and oxygen atoms in total. The van der Waals surface area contributed by atoms with E-state index in [-0.39, 0.29) is 11.7 Å². The number of benzene rings is 3. The molecular formula is C25H20N2O4. The Morgan fingerprint density at radius 3 is 2.39 bits per heavy atom. The summed E-state index contributed by atoms with van der Waals surface area (Å²) in [6.45, 7) is 0. The molecule has 31 heavy (non-hydrogen) atoms. The third kappa shape index (κ3) is 4.48. The molecule has 2 amide bonds. The van der Waals surface area contributed by atoms with Crippen LogP contribution < -0.4 is 15.4 Å². The number of carbonyl (C=O) groups excluding carboxylic acids is 2. The zero-order valence-corrected chi connectivity index (χ0v) is 16.8. The number of hydrogen-bond acceptors (Lipinski definition) is 4. The molecule has 0 bridgehead atoms. The molecule has 0 radical (unpaired) electrons. The summed E-state index contributed by atoms with van der Waals surface area (Å²) >= 11 is 0. The number of nitrogens with one attached hydrogen (secondary N) is 2. The maximum absolute atomic E-state index is 13.0. The monoisotopic (exact) mass is 412 g/mol. The molecule has 0 aliphatic heterocycles. The average molecular weight is 412 g/mol. The first-order valence-electron chi connectivity index (χ1n) is 9.65. The highest BCUT2D eigenvalue weighted by Crippen LogP contribution is 2.32. The standard InChI is InChI=1S/C25H20N2O4/c1-30-21-14-8-6-12-19(21)26-25(29)24-23(18-11-5-7-13-20(18)31-24)27-22(28)16-15-17-9-3-2-4-10-17/h2-16H,1H3,(H,26,29)(H,27,28)/b16-15-. The van der Waals surface area contributed by atoms with Gasteiger partial charge in [-0.1, -0.05) is 54.6 Å². The second-order valence-electron chi connectivity index (χ2n) is 6.69. The van der Waals surface area contributed by atoms with Crippen molar-refractivity contribution in [2.45, 2.75) is 0 Å². The second kappa shape index (κ2) is 9.00. The van der Waals surface area contributed by atoms with Gasteiger partial charge in [-0.3, -0.25) is 9.59 Å². The summed E-state index contributed by atoms with van der Waals surface area (Å²) in [6, 6.07) is 23.7. The number of carbonyl (C=O) groups is 2. The number of furan rings is 1. The quantitative estimate of drug-likeness (QED) is 0.419. The Morgan fingerprint density at radius 2 is 1.58 bits per heavy atom. The fraction of sp³-hybridized carbons (Fsp3) is 0.0400. The number of methoxy groups -OCH3 is 1. The molecule has 0 fully saturated rings. The third-order valence-electron chi connectivity index (χ3n) is 4.63. The Balaban J connectivity index is 1.63. The molecule has 0 aliphatic rings. The van der Waals surface area contributed by atoms with Gasteiger partial charge in [-0.2, -0.15) is 0 Å². The van der Waals surface area contributed by atoms with Gasteiger partial charge in [-0.15, -0.1) is 0 Å². The Hall–Kier alpha value is -4.32. The average Bonchev–Trinajstić information content (AvgIpc) is 3.17. The largest absolute Gasteiger partial charge is 0.495 e. The fourth-order valence-corrected chi connectivity index (χ4v) is 3.16. The van der Waals surface area contributed by atoms with Gasteiger partial charge < -0.3 is 19.8 Å². The van der Waals surface area contributed by atoms with Crippen molar-refractivity contribution in [1.29, 1.82) is 0 Å². The molecule has 154 valence electrons. The van der Waals surface area contributed by atoms with Crippen LogP contribution >= 0.6 is 0 Å². The molecule has 0 saturated heterocycles. The van der Waals surface area contributed by atoms with Crippen LogP contribution in [0.2, 0.25) is 0 Å². The Bertz CT molecular complexity index is 1260. The summed E-state index contributed by atoms with van der Waals surface area (Å²) in [7, 11) is 1.52. The fourth-order valence-electron chi connectivity index (χ4n) is 3.16. The lowest BCUT2D eigenvalue weighted by Crippen LogP contribution is -2.16. The number of rotatable bonds is 6. The van der Waals surface area contributed by atoms with Crippen LogP contribution in [0, 0.1) is 0 Å². The summed E-state index contributed by atoms with van der Waals surface area (Å²) in [4.78, 5) is 25.6. The summed E-state index contributed by atoms with van der Waals surface area (Å²) in [5.74, 6) is -0.346. The molecule has 4 aromatic rings. The minimum absolute atomic E-state index is 0.00793. The molecule has 0 spiro atoms. The van der Waals surface area contributed by atoms with Crippen LogP contribution in [0.3, 0.4) is 0 Å². The number of anilines is 2. The molecule has 1 aromatic heterocycles. The molecular weight excluding hydrogens is 392 g/mol. The second-order valence-corrected chi connectivity index (χ2v) is 6.69. The SMILES string of the molecule is COc1ccccc1NC(=O)c1oc2ccccc2c1NC(=O)/C=C\c1ccccc1. The lowest BCUT2D eigenvalue weighted by Gasteiger charge is -2.09. The molecule has 0 unspecified atom stereocenters. The van der Waals surface area contributed by atoms with Crippen molar-refractivity contribution < 1.29 is 18.7 Å². The first kappa shape index (κ1) is 20.0. The molecule has 6 heteroatoms. The van der Waals surface area contributed by atoms with Crippen LogP contribution in [0.5, 0.6) is 5.75 Å². The first-order chi connectivity index (χ1) is 15.2. The number of ether oxygens (including phenoxy) is 1. The van der Waals surface area contributed by atoms with Gasteiger partial charge in [-0.25, -0.2) is 0 Å². The van der Waals surface area contributed by atoms with E-state index in [0.717, 1.165) is 5.56 Å². The van der Waals surface area contributed by atoms with Gasteiger partial charge in [0.05, 0.1) is 12.8 Å². The van der Waals surface area contributed by atoms with Crippen molar-refractivity contribution in [3.63, 3.8) is 0 Å². The predicted octanol–water partition coefficient (Wildman–Crippen LogP) is 5.35. The summed E-state index contributed by atoms with van der Waals surface area (Å²) in [5, 5.41) is 6.20. The van der Waals surface area contributed by atoms with Gasteiger partial charge in [0.2, 0.25) is 11.7 Å². The lowest BCUT2D eigenvalue weighted by atomic mass is 10.2. The summed E-state index contributed by atoms with van der Waals surface area (Å²) < 4.78 is 11.1. The number of para-hydroxylation sites is 3. The van der Waals surface area contributed by atoms with Gasteiger partial charge in [-0.05, 0) is 35.9 Å². The topological polar surface area (TPSA) is 80.6 Å². The number of fused-ring (bicyclic) bond motifs is 1. The van der Waals surface area contributed by atoms with E-state index >= 15 is 0 Å². The van der Waals surface area contributed by atoms with Crippen LogP contribution in [0.15, 0.2) is 89.4 Å². The lowest BCUT2D eigenvalue weighted by molar-refractivity contribution is -0.111. The number of amides is 2. The van der Waals surface area contributed by atoms with E-state index < -0.39 is 5.91 Å². The van der Waals surface area contributed by atoms with Crippen LogP contribution in [-0.2, 0) is 4.79 Å². The van der Waals surface area contributed by atoms with Crippen LogP contribution in [0.25, 0.3) is 17.0 Å². The van der Waals surface area contributed by atoms with Gasteiger partial charge in [0, 0.05) is 11.5 Å². The summed E-state index contributed by atoms with van der Waals surface area (Å²) in [6.07, 6.45) is 3.12. The molecule has 0 atom stereocenters. The zero-order chi connectivity index (χ0) is 21.6. The summed E-state index contributed by atoms with van der Waals surface area (Å²) in [5.41, 5.74) is 2.20. The normalized spacial score (nSPS) is 10.9. The minimum Gasteiger partial charge on any atom is -0.495 e. The van der Waals surface area contributed by atoms with Gasteiger partial charge in [0.15, 0.2) is 0 Å². The molecule has 1 heterocycles. The van der Waals surface area contributed by atoms with E-state index in [1.807, 2.05) is 36.4 Å². The highest BCUT2D eigenvalue weighted by molar-refractivity contribution is 6.16. The maximum Gasteiger partial charge on any atom is 0.293 e. The molecule has 0 saturated carbocycles. The first-order valence-corrected chi connectivity index (χ1v) is 9.65. The molecule has 3 aromatic carbocycles. The van der Waals surface area contributed by atoms with E-state index in [1.54, 1.807) is 48.5 Å². The van der Waals surface area contributed by atoms with Crippen LogP contribution in [0.1, 0.15) is 16.1 Å². The van der Waals surface area contributed by atoms with Gasteiger partial charge in [0.1, 0.15) is 17.0 Å². The molecule has 2 N–H and O–H groups in total. The van der Waals surface area contributed by atoms with E-state index in [9.17, 15) is 9.59 Å². The van der Waals surface area contributed by atoms with Crippen molar-refractivity contribution in [1.82, 2.24) is 0 Å². The Kier molecular flexibility index (Phi) is 5.80. The highest BCUT2D eigenvalue weighted by atomic mass is 16.5. The van der Waals surface area contributed by atoms with E-state index in [1.165, 1.54) is 13.2 Å². The van der Waals surface area contributed by atoms with Gasteiger partial charge in [0.25, 0.3) is 5.91 Å². The maximum atomic E-state index is 13.0. The number of hydrogen-bond donors (Lipinski definition) is 2. The highest BCUT2D eigenvalue weighted by Gasteiger charge is 2.22. The molecule has 4 rings (SSSR count). The van der Waals surface area contributed by atoms with Gasteiger partial charge >= 0.3 is 0 Å². The van der Waals surface area contributed by atoms with Crippen molar-refractivity contribution in [3.8, 4) is 5.75 Å². The van der Waals surface area contributed by atoms with Crippen LogP contribution in [-0.4, -0.2) is 18.9 Å². The van der Waals surface area contributed by atoms with E-state index in [0.29, 0.717) is 28.1 Å². The Morgan fingerprint density at radius 1 is 0.871 bits per heavy atom. The van der Waals surface area contributed by atoms with E-state index in [4.69, 9.17) is 9.15 Å². The smallest absolute Gasteiger partial charge is 0.293 e. The third-order valence-corrected chi connectivity index (χ3v) is 4.63. The Labute approximate surface area is 179 Å². The van der Waals surface area contributed by atoms with E-state index in [2.05, 4.69) is 10.6 Å².